The summed E-state index contributed by atoms with van der Waals surface area (Å²) in [5.41, 5.74) is -1.93. The number of rotatable bonds is 3. The van der Waals surface area contributed by atoms with Crippen molar-refractivity contribution in [2.45, 2.75) is 43.4 Å². The van der Waals surface area contributed by atoms with Gasteiger partial charge in [-0.2, -0.15) is 13.2 Å². The zero-order valence-electron chi connectivity index (χ0n) is 11.2. The van der Waals surface area contributed by atoms with Gasteiger partial charge in [-0.05, 0) is 12.8 Å². The van der Waals surface area contributed by atoms with Crippen LogP contribution in [-0.2, 0) is 6.18 Å². The second-order valence-corrected chi connectivity index (χ2v) is 6.15. The van der Waals surface area contributed by atoms with Crippen LogP contribution in [0.3, 0.4) is 0 Å². The summed E-state index contributed by atoms with van der Waals surface area (Å²) in [6.07, 6.45) is -6.25. The Morgan fingerprint density at radius 1 is 1.32 bits per heavy atom. The van der Waals surface area contributed by atoms with Gasteiger partial charge in [-0.15, -0.1) is 11.3 Å². The Morgan fingerprint density at radius 3 is 2.45 bits per heavy atom. The lowest BCUT2D eigenvalue weighted by atomic mass is 9.83. The van der Waals surface area contributed by atoms with Crippen LogP contribution in [0.15, 0.2) is 5.51 Å². The van der Waals surface area contributed by atoms with Crippen LogP contribution < -0.4 is 5.32 Å². The van der Waals surface area contributed by atoms with Crippen molar-refractivity contribution in [2.24, 2.45) is 0 Å². The summed E-state index contributed by atoms with van der Waals surface area (Å²) in [4.78, 5) is 14.3. The van der Waals surface area contributed by atoms with E-state index in [2.05, 4.69) is 10.3 Å². The van der Waals surface area contributed by atoms with E-state index in [4.69, 9.17) is 0 Å². The van der Waals surface area contributed by atoms with Gasteiger partial charge in [-0.3, -0.25) is 4.79 Å². The van der Waals surface area contributed by atoms with Gasteiger partial charge in [0.1, 0.15) is 4.88 Å². The highest BCUT2D eigenvalue weighted by atomic mass is 32.1. The second kappa shape index (κ2) is 5.73. The molecule has 0 aromatic carbocycles. The van der Waals surface area contributed by atoms with Crippen LogP contribution in [0.25, 0.3) is 0 Å². The van der Waals surface area contributed by atoms with E-state index in [1.165, 1.54) is 0 Å². The molecule has 1 amide bonds. The number of thiazole rings is 1. The molecule has 1 fully saturated rings. The van der Waals surface area contributed by atoms with Crippen LogP contribution in [0, 0.1) is 0 Å². The average molecular weight is 344 g/mol. The molecule has 1 saturated carbocycles. The first-order chi connectivity index (χ1) is 10.0. The van der Waals surface area contributed by atoms with Crippen molar-refractivity contribution in [3.8, 4) is 0 Å². The van der Waals surface area contributed by atoms with Gasteiger partial charge in [-0.1, -0.05) is 0 Å². The van der Waals surface area contributed by atoms with E-state index in [1.807, 2.05) is 0 Å². The quantitative estimate of drug-likeness (QED) is 0.829. The molecule has 1 aromatic heterocycles. The molecule has 0 spiro atoms. The van der Waals surface area contributed by atoms with Crippen molar-refractivity contribution in [1.82, 2.24) is 10.3 Å². The minimum Gasteiger partial charge on any atom is -0.388 e. The standard InChI is InChI=1S/C12H13F5N2O2S/c13-11(14)3-1-10(21,2-4-11)5-18-9(20)7-8(12(15,16)17)19-6-22-7/h6,21H,1-5H2,(H,18,20). The number of hydrogen-bond donors (Lipinski definition) is 2. The molecule has 22 heavy (non-hydrogen) atoms. The zero-order chi connectivity index (χ0) is 16.6. The van der Waals surface area contributed by atoms with Crippen molar-refractivity contribution in [2.75, 3.05) is 6.54 Å². The topological polar surface area (TPSA) is 62.2 Å². The minimum atomic E-state index is -4.75. The van der Waals surface area contributed by atoms with E-state index >= 15 is 0 Å². The molecule has 4 nitrogen and oxygen atoms in total. The molecule has 124 valence electrons. The lowest BCUT2D eigenvalue weighted by molar-refractivity contribution is -0.141. The number of amides is 1. The SMILES string of the molecule is O=C(NCC1(O)CCC(F)(F)CC1)c1scnc1C(F)(F)F. The van der Waals surface area contributed by atoms with Gasteiger partial charge in [0.2, 0.25) is 5.92 Å². The van der Waals surface area contributed by atoms with Crippen LogP contribution in [-0.4, -0.2) is 34.1 Å². The summed E-state index contributed by atoms with van der Waals surface area (Å²) >= 11 is 0.525. The number of hydrogen-bond acceptors (Lipinski definition) is 4. The highest BCUT2D eigenvalue weighted by molar-refractivity contribution is 7.11. The van der Waals surface area contributed by atoms with Crippen molar-refractivity contribution in [3.05, 3.63) is 16.1 Å². The third-order valence-electron chi connectivity index (χ3n) is 3.53. The number of aromatic nitrogens is 1. The van der Waals surface area contributed by atoms with Crippen LogP contribution in [0.4, 0.5) is 22.0 Å². The number of carbonyl (C=O) groups is 1. The van der Waals surface area contributed by atoms with E-state index in [-0.39, 0.29) is 19.4 Å². The Balaban J connectivity index is 1.98. The van der Waals surface area contributed by atoms with Gasteiger partial charge >= 0.3 is 6.18 Å². The van der Waals surface area contributed by atoms with Crippen molar-refractivity contribution in [3.63, 3.8) is 0 Å². The Bertz CT molecular complexity index is 548. The maximum Gasteiger partial charge on any atom is 0.434 e. The predicted molar refractivity (Wildman–Crippen MR) is 67.8 cm³/mol. The first kappa shape index (κ1) is 17.1. The number of aliphatic hydroxyl groups is 1. The zero-order valence-corrected chi connectivity index (χ0v) is 12.0. The number of halogens is 5. The van der Waals surface area contributed by atoms with Gasteiger partial charge in [0.25, 0.3) is 5.91 Å². The predicted octanol–water partition coefficient (Wildman–Crippen LogP) is 2.83. The lowest BCUT2D eigenvalue weighted by Crippen LogP contribution is -2.47. The second-order valence-electron chi connectivity index (χ2n) is 5.29. The number of alkyl halides is 5. The monoisotopic (exact) mass is 344 g/mol. The highest BCUT2D eigenvalue weighted by Crippen LogP contribution is 2.38. The van der Waals surface area contributed by atoms with E-state index in [0.717, 1.165) is 5.51 Å². The Morgan fingerprint density at radius 2 is 1.91 bits per heavy atom. The average Bonchev–Trinajstić information content (AvgIpc) is 2.90. The molecule has 10 heteroatoms. The summed E-state index contributed by atoms with van der Waals surface area (Å²) < 4.78 is 63.9. The smallest absolute Gasteiger partial charge is 0.388 e. The number of nitrogens with zero attached hydrogens (tertiary/aromatic N) is 1. The molecular formula is C12H13F5N2O2S. The van der Waals surface area contributed by atoms with Crippen LogP contribution >= 0.6 is 11.3 Å². The molecular weight excluding hydrogens is 331 g/mol. The molecule has 2 rings (SSSR count). The van der Waals surface area contributed by atoms with Crippen LogP contribution in [0.2, 0.25) is 0 Å². The third-order valence-corrected chi connectivity index (χ3v) is 4.36. The van der Waals surface area contributed by atoms with Gasteiger partial charge in [-0.25, -0.2) is 13.8 Å². The molecule has 2 N–H and O–H groups in total. The van der Waals surface area contributed by atoms with Crippen LogP contribution in [0.1, 0.15) is 41.0 Å². The van der Waals surface area contributed by atoms with Crippen LogP contribution in [0.5, 0.6) is 0 Å². The van der Waals surface area contributed by atoms with Gasteiger partial charge in [0.15, 0.2) is 5.69 Å². The molecule has 1 heterocycles. The molecule has 1 aliphatic rings. The summed E-state index contributed by atoms with van der Waals surface area (Å²) in [5.74, 6) is -3.88. The molecule has 0 radical (unpaired) electrons. The Hall–Kier alpha value is -1.29. The summed E-state index contributed by atoms with van der Waals surface area (Å²) in [6.45, 7) is -0.378. The number of nitrogens with one attached hydrogen (secondary N) is 1. The van der Waals surface area contributed by atoms with E-state index in [0.29, 0.717) is 11.3 Å². The van der Waals surface area contributed by atoms with Gasteiger partial charge in [0, 0.05) is 19.4 Å². The molecule has 0 aliphatic heterocycles. The molecule has 0 unspecified atom stereocenters. The Labute approximate surface area is 126 Å². The van der Waals surface area contributed by atoms with E-state index in [9.17, 15) is 31.9 Å². The maximum atomic E-state index is 13.0. The summed E-state index contributed by atoms with van der Waals surface area (Å²) in [6, 6.07) is 0. The Kier molecular flexibility index (Phi) is 4.44. The lowest BCUT2D eigenvalue weighted by Gasteiger charge is -2.35. The molecule has 1 aliphatic carbocycles. The first-order valence-corrected chi connectivity index (χ1v) is 7.30. The number of carbonyl (C=O) groups excluding carboxylic acids is 1. The fourth-order valence-corrected chi connectivity index (χ4v) is 2.91. The van der Waals surface area contributed by atoms with E-state index in [1.54, 1.807) is 0 Å². The molecule has 1 aromatic rings. The van der Waals surface area contributed by atoms with Gasteiger partial charge < -0.3 is 10.4 Å². The fraction of sp³-hybridized carbons (Fsp3) is 0.667. The van der Waals surface area contributed by atoms with E-state index < -0.39 is 47.0 Å². The first-order valence-electron chi connectivity index (χ1n) is 6.42. The normalized spacial score (nSPS) is 20.6. The summed E-state index contributed by atoms with van der Waals surface area (Å²) in [5, 5.41) is 12.3. The largest absolute Gasteiger partial charge is 0.434 e. The third kappa shape index (κ3) is 3.92. The van der Waals surface area contributed by atoms with Crippen molar-refractivity contribution < 1.29 is 31.9 Å². The highest BCUT2D eigenvalue weighted by Gasteiger charge is 2.43. The fourth-order valence-electron chi connectivity index (χ4n) is 2.19. The maximum absolute atomic E-state index is 13.0. The van der Waals surface area contributed by atoms with Crippen molar-refractivity contribution >= 4 is 17.2 Å². The summed E-state index contributed by atoms with van der Waals surface area (Å²) in [7, 11) is 0. The molecule has 0 bridgehead atoms. The van der Waals surface area contributed by atoms with Crippen molar-refractivity contribution in [1.29, 1.82) is 0 Å². The van der Waals surface area contributed by atoms with Gasteiger partial charge in [0.05, 0.1) is 11.1 Å². The molecule has 0 saturated heterocycles. The molecule has 0 atom stereocenters. The minimum absolute atomic E-state index is 0.227.